The average Bonchev–Trinajstić information content (AvgIpc) is 3.52. The largest absolute Gasteiger partial charge is 0.378 e. The average molecular weight is 454 g/mol. The third-order valence-corrected chi connectivity index (χ3v) is 7.27. The van der Waals surface area contributed by atoms with Crippen molar-refractivity contribution in [3.05, 3.63) is 30.0 Å². The lowest BCUT2D eigenvalue weighted by molar-refractivity contribution is -0.0383. The van der Waals surface area contributed by atoms with E-state index in [0.29, 0.717) is 6.61 Å². The van der Waals surface area contributed by atoms with E-state index in [0.717, 1.165) is 92.6 Å². The third kappa shape index (κ3) is 3.73. The van der Waals surface area contributed by atoms with Gasteiger partial charge in [-0.05, 0) is 54.9 Å². The lowest BCUT2D eigenvalue weighted by Crippen LogP contribution is -2.36. The van der Waals surface area contributed by atoms with Crippen molar-refractivity contribution in [1.82, 2.24) is 19.1 Å². The van der Waals surface area contributed by atoms with Gasteiger partial charge in [-0.1, -0.05) is 6.08 Å². The van der Waals surface area contributed by atoms with Crippen LogP contribution in [0.1, 0.15) is 37.5 Å². The molecule has 9 heteroatoms. The van der Waals surface area contributed by atoms with E-state index in [9.17, 15) is 0 Å². The van der Waals surface area contributed by atoms with E-state index in [2.05, 4.69) is 22.1 Å². The molecule has 0 aliphatic carbocycles. The molecular formula is C23H27N5O3S. The second kappa shape index (κ2) is 8.90. The predicted molar refractivity (Wildman–Crippen MR) is 124 cm³/mol. The maximum atomic E-state index is 6.02. The number of fused-ring (bicyclic) bond motifs is 1. The summed E-state index contributed by atoms with van der Waals surface area (Å²) in [6.07, 6.45) is 8.14. The first-order chi connectivity index (χ1) is 15.9. The van der Waals surface area contributed by atoms with Crippen LogP contribution in [0.25, 0.3) is 27.2 Å². The summed E-state index contributed by atoms with van der Waals surface area (Å²) in [5.41, 5.74) is 5.35. The Morgan fingerprint density at radius 1 is 1.06 bits per heavy atom. The van der Waals surface area contributed by atoms with Gasteiger partial charge < -0.3 is 19.1 Å². The number of anilines is 1. The Balaban J connectivity index is 1.49. The quantitative estimate of drug-likeness (QED) is 0.593. The van der Waals surface area contributed by atoms with E-state index in [-0.39, 0.29) is 6.23 Å². The number of hydrogen-bond acceptors (Lipinski definition) is 8. The number of morpholine rings is 1. The number of aromatic nitrogens is 4. The highest BCUT2D eigenvalue weighted by Gasteiger charge is 2.25. The van der Waals surface area contributed by atoms with E-state index in [1.54, 1.807) is 0 Å². The maximum absolute atomic E-state index is 6.02. The van der Waals surface area contributed by atoms with Gasteiger partial charge in [-0.15, -0.1) is 0 Å². The van der Waals surface area contributed by atoms with E-state index in [4.69, 9.17) is 23.6 Å². The van der Waals surface area contributed by atoms with Crippen LogP contribution in [0.2, 0.25) is 0 Å². The molecule has 0 radical (unpaired) electrons. The fourth-order valence-electron chi connectivity index (χ4n) is 4.69. The molecule has 3 aromatic rings. The zero-order chi connectivity index (χ0) is 21.3. The van der Waals surface area contributed by atoms with Crippen molar-refractivity contribution >= 4 is 33.1 Å². The number of pyridine rings is 1. The van der Waals surface area contributed by atoms with Gasteiger partial charge in [-0.2, -0.15) is 9.47 Å². The summed E-state index contributed by atoms with van der Waals surface area (Å²) in [6.45, 7) is 5.34. The van der Waals surface area contributed by atoms with Gasteiger partial charge in [0.15, 0.2) is 6.23 Å². The highest BCUT2D eigenvalue weighted by atomic mass is 32.1. The fourth-order valence-corrected chi connectivity index (χ4v) is 5.57. The molecule has 6 rings (SSSR count). The van der Waals surface area contributed by atoms with Crippen LogP contribution in [0.5, 0.6) is 0 Å². The Morgan fingerprint density at radius 2 is 2.00 bits per heavy atom. The molecule has 3 aromatic heterocycles. The SMILES string of the molecule is C1=C(c2cc(N3CCOCC3)nc3c(-c4ccnn4C4CCCCO4)nsc23)CCOC1. The van der Waals surface area contributed by atoms with Crippen molar-refractivity contribution in [3.8, 4) is 11.4 Å². The summed E-state index contributed by atoms with van der Waals surface area (Å²) in [7, 11) is 0. The highest BCUT2D eigenvalue weighted by Crippen LogP contribution is 2.39. The molecule has 0 amide bonds. The van der Waals surface area contributed by atoms with Crippen molar-refractivity contribution in [2.75, 3.05) is 51.0 Å². The zero-order valence-corrected chi connectivity index (χ0v) is 18.9. The van der Waals surface area contributed by atoms with Crippen LogP contribution < -0.4 is 4.90 Å². The van der Waals surface area contributed by atoms with Gasteiger partial charge in [0, 0.05) is 31.5 Å². The number of ether oxygens (including phenoxy) is 3. The predicted octanol–water partition coefficient (Wildman–Crippen LogP) is 3.89. The topological polar surface area (TPSA) is 74.5 Å². The van der Waals surface area contributed by atoms with Crippen LogP contribution in [0.3, 0.4) is 0 Å². The highest BCUT2D eigenvalue weighted by molar-refractivity contribution is 7.14. The molecule has 2 saturated heterocycles. The fraction of sp³-hybridized carbons (Fsp3) is 0.522. The van der Waals surface area contributed by atoms with Gasteiger partial charge in [0.05, 0.1) is 36.8 Å². The third-order valence-electron chi connectivity index (χ3n) is 6.40. The number of rotatable bonds is 4. The zero-order valence-electron chi connectivity index (χ0n) is 18.0. The van der Waals surface area contributed by atoms with Gasteiger partial charge in [0.1, 0.15) is 17.0 Å². The van der Waals surface area contributed by atoms with Crippen molar-refractivity contribution < 1.29 is 14.2 Å². The van der Waals surface area contributed by atoms with Crippen LogP contribution in [-0.2, 0) is 14.2 Å². The normalized spacial score (nSPS) is 22.3. The molecule has 3 aliphatic rings. The summed E-state index contributed by atoms with van der Waals surface area (Å²) >= 11 is 1.52. The van der Waals surface area contributed by atoms with Crippen LogP contribution in [0, 0.1) is 0 Å². The molecule has 0 saturated carbocycles. The van der Waals surface area contributed by atoms with E-state index in [1.807, 2.05) is 16.9 Å². The maximum Gasteiger partial charge on any atom is 0.150 e. The minimum atomic E-state index is -0.0365. The standard InChI is InChI=1S/C23H27N5O3S/c1-2-10-31-20(3-1)28-18(4-7-24-28)21-22-23(32-26-21)17(16-5-11-29-12-6-16)15-19(25-22)27-8-13-30-14-9-27/h4-5,7,15,20H,1-3,6,8-14H2. The monoisotopic (exact) mass is 453 g/mol. The summed E-state index contributed by atoms with van der Waals surface area (Å²) in [4.78, 5) is 7.45. The van der Waals surface area contributed by atoms with E-state index >= 15 is 0 Å². The van der Waals surface area contributed by atoms with Crippen LogP contribution >= 0.6 is 11.5 Å². The summed E-state index contributed by atoms with van der Waals surface area (Å²) in [5.74, 6) is 0.990. The first-order valence-corrected chi connectivity index (χ1v) is 12.2. The minimum Gasteiger partial charge on any atom is -0.378 e. The van der Waals surface area contributed by atoms with Crippen molar-refractivity contribution in [1.29, 1.82) is 0 Å². The number of hydrogen-bond donors (Lipinski definition) is 0. The molecule has 2 fully saturated rings. The molecule has 1 unspecified atom stereocenters. The van der Waals surface area contributed by atoms with Gasteiger partial charge in [-0.25, -0.2) is 9.67 Å². The second-order valence-corrected chi connectivity index (χ2v) is 9.15. The Kier molecular flexibility index (Phi) is 5.64. The molecule has 3 aliphatic heterocycles. The smallest absolute Gasteiger partial charge is 0.150 e. The van der Waals surface area contributed by atoms with Gasteiger partial charge in [0.2, 0.25) is 0 Å². The lowest BCUT2D eigenvalue weighted by Gasteiger charge is -2.28. The molecule has 8 nitrogen and oxygen atoms in total. The lowest BCUT2D eigenvalue weighted by atomic mass is 10.0. The molecular weight excluding hydrogens is 426 g/mol. The van der Waals surface area contributed by atoms with Crippen LogP contribution in [0.15, 0.2) is 24.4 Å². The molecule has 1 atom stereocenters. The molecule has 32 heavy (non-hydrogen) atoms. The summed E-state index contributed by atoms with van der Waals surface area (Å²) < 4.78 is 25.2. The Hall–Kier alpha value is -2.33. The summed E-state index contributed by atoms with van der Waals surface area (Å²) in [6, 6.07) is 4.26. The van der Waals surface area contributed by atoms with E-state index in [1.165, 1.54) is 22.7 Å². The van der Waals surface area contributed by atoms with Gasteiger partial charge in [0.25, 0.3) is 0 Å². The molecule has 0 spiro atoms. The second-order valence-electron chi connectivity index (χ2n) is 8.37. The molecule has 0 aromatic carbocycles. The van der Waals surface area contributed by atoms with E-state index < -0.39 is 0 Å². The Morgan fingerprint density at radius 3 is 2.81 bits per heavy atom. The van der Waals surface area contributed by atoms with Gasteiger partial charge >= 0.3 is 0 Å². The molecule has 0 N–H and O–H groups in total. The molecule has 6 heterocycles. The first kappa shape index (κ1) is 20.3. The Bertz CT molecular complexity index is 1130. The summed E-state index contributed by atoms with van der Waals surface area (Å²) in [5, 5.41) is 4.60. The van der Waals surface area contributed by atoms with Gasteiger partial charge in [-0.3, -0.25) is 0 Å². The van der Waals surface area contributed by atoms with Crippen LogP contribution in [0.4, 0.5) is 5.82 Å². The first-order valence-electron chi connectivity index (χ1n) is 11.4. The molecule has 0 bridgehead atoms. The molecule has 168 valence electrons. The van der Waals surface area contributed by atoms with Crippen molar-refractivity contribution in [2.24, 2.45) is 0 Å². The van der Waals surface area contributed by atoms with Crippen molar-refractivity contribution in [3.63, 3.8) is 0 Å². The number of nitrogens with zero attached hydrogens (tertiary/aromatic N) is 5. The van der Waals surface area contributed by atoms with Crippen LogP contribution in [-0.4, -0.2) is 65.3 Å². The minimum absolute atomic E-state index is 0.0365. The van der Waals surface area contributed by atoms with Crippen molar-refractivity contribution in [2.45, 2.75) is 31.9 Å². The Labute approximate surface area is 191 Å².